The lowest BCUT2D eigenvalue weighted by atomic mass is 9.75. The zero-order chi connectivity index (χ0) is 13.9. The SMILES string of the molecule is CCC1CCCC(O)(Cc2ccn(C(C)CC)n2)C1. The Labute approximate surface area is 117 Å². The first-order valence-corrected chi connectivity index (χ1v) is 7.82. The van der Waals surface area contributed by atoms with Crippen LogP contribution >= 0.6 is 0 Å². The van der Waals surface area contributed by atoms with Crippen molar-refractivity contribution in [1.82, 2.24) is 9.78 Å². The third-order valence-corrected chi connectivity index (χ3v) is 4.72. The molecule has 0 aromatic carbocycles. The van der Waals surface area contributed by atoms with E-state index >= 15 is 0 Å². The van der Waals surface area contributed by atoms with Gasteiger partial charge < -0.3 is 5.11 Å². The van der Waals surface area contributed by atoms with Gasteiger partial charge in [-0.15, -0.1) is 0 Å². The van der Waals surface area contributed by atoms with Crippen LogP contribution in [0.15, 0.2) is 12.3 Å². The van der Waals surface area contributed by atoms with Crippen molar-refractivity contribution >= 4 is 0 Å². The topological polar surface area (TPSA) is 38.0 Å². The molecule has 0 aliphatic heterocycles. The highest BCUT2D eigenvalue weighted by molar-refractivity contribution is 5.05. The molecule has 1 aromatic rings. The Morgan fingerprint density at radius 2 is 2.32 bits per heavy atom. The largest absolute Gasteiger partial charge is 0.389 e. The normalized spacial score (nSPS) is 29.4. The predicted molar refractivity (Wildman–Crippen MR) is 78.1 cm³/mol. The minimum absolute atomic E-state index is 0.443. The van der Waals surface area contributed by atoms with Gasteiger partial charge in [0, 0.05) is 18.7 Å². The molecule has 1 fully saturated rings. The first-order chi connectivity index (χ1) is 9.06. The molecular formula is C16H28N2O. The Morgan fingerprint density at radius 3 is 3.00 bits per heavy atom. The molecule has 0 radical (unpaired) electrons. The molecule has 3 unspecified atom stereocenters. The Hall–Kier alpha value is -0.830. The monoisotopic (exact) mass is 264 g/mol. The average Bonchev–Trinajstić information content (AvgIpc) is 2.85. The molecule has 0 spiro atoms. The molecule has 3 atom stereocenters. The van der Waals surface area contributed by atoms with Crippen LogP contribution in [0.1, 0.15) is 71.0 Å². The second kappa shape index (κ2) is 6.08. The number of aromatic nitrogens is 2. The van der Waals surface area contributed by atoms with Gasteiger partial charge in [0.05, 0.1) is 11.3 Å². The molecule has 1 saturated carbocycles. The Morgan fingerprint density at radius 1 is 1.53 bits per heavy atom. The van der Waals surface area contributed by atoms with E-state index in [1.807, 2.05) is 10.9 Å². The molecule has 0 bridgehead atoms. The first kappa shape index (κ1) is 14.6. The van der Waals surface area contributed by atoms with Crippen molar-refractivity contribution in [2.45, 2.75) is 77.4 Å². The van der Waals surface area contributed by atoms with Crippen molar-refractivity contribution in [2.75, 3.05) is 0 Å². The fraction of sp³-hybridized carbons (Fsp3) is 0.812. The Kier molecular flexibility index (Phi) is 4.67. The molecule has 1 N–H and O–H groups in total. The van der Waals surface area contributed by atoms with E-state index in [2.05, 4.69) is 31.9 Å². The molecule has 0 amide bonds. The van der Waals surface area contributed by atoms with Gasteiger partial charge in [-0.25, -0.2) is 0 Å². The minimum Gasteiger partial charge on any atom is -0.389 e. The van der Waals surface area contributed by atoms with Gasteiger partial charge in [-0.3, -0.25) is 4.68 Å². The number of rotatable bonds is 5. The van der Waals surface area contributed by atoms with Crippen LogP contribution in [0.4, 0.5) is 0 Å². The minimum atomic E-state index is -0.520. The summed E-state index contributed by atoms with van der Waals surface area (Å²) in [5.74, 6) is 0.690. The molecule has 1 aliphatic rings. The van der Waals surface area contributed by atoms with Crippen molar-refractivity contribution in [1.29, 1.82) is 0 Å². The lowest BCUT2D eigenvalue weighted by molar-refractivity contribution is -0.0170. The highest BCUT2D eigenvalue weighted by atomic mass is 16.3. The van der Waals surface area contributed by atoms with Crippen LogP contribution in [-0.4, -0.2) is 20.5 Å². The van der Waals surface area contributed by atoms with E-state index < -0.39 is 5.60 Å². The first-order valence-electron chi connectivity index (χ1n) is 7.82. The molecule has 3 heteroatoms. The fourth-order valence-electron chi connectivity index (χ4n) is 3.21. The fourth-order valence-corrected chi connectivity index (χ4v) is 3.21. The van der Waals surface area contributed by atoms with Crippen molar-refractivity contribution in [3.63, 3.8) is 0 Å². The summed E-state index contributed by atoms with van der Waals surface area (Å²) in [4.78, 5) is 0. The van der Waals surface area contributed by atoms with Gasteiger partial charge >= 0.3 is 0 Å². The molecule has 1 aliphatic carbocycles. The van der Waals surface area contributed by atoms with E-state index in [0.717, 1.165) is 31.4 Å². The van der Waals surface area contributed by atoms with Gasteiger partial charge in [0.1, 0.15) is 0 Å². The van der Waals surface area contributed by atoms with Gasteiger partial charge in [0.25, 0.3) is 0 Å². The van der Waals surface area contributed by atoms with Crippen LogP contribution < -0.4 is 0 Å². The molecular weight excluding hydrogens is 236 g/mol. The highest BCUT2D eigenvalue weighted by Gasteiger charge is 2.34. The van der Waals surface area contributed by atoms with E-state index in [1.165, 1.54) is 12.8 Å². The van der Waals surface area contributed by atoms with Crippen molar-refractivity contribution < 1.29 is 5.11 Å². The van der Waals surface area contributed by atoms with Gasteiger partial charge in [-0.2, -0.15) is 5.10 Å². The zero-order valence-electron chi connectivity index (χ0n) is 12.6. The summed E-state index contributed by atoms with van der Waals surface area (Å²) in [6.07, 6.45) is 9.34. The van der Waals surface area contributed by atoms with Crippen LogP contribution in [0.3, 0.4) is 0 Å². The maximum absolute atomic E-state index is 10.8. The lowest BCUT2D eigenvalue weighted by Crippen LogP contribution is -2.37. The molecule has 108 valence electrons. The zero-order valence-corrected chi connectivity index (χ0v) is 12.6. The molecule has 3 nitrogen and oxygen atoms in total. The lowest BCUT2D eigenvalue weighted by Gasteiger charge is -2.36. The van der Waals surface area contributed by atoms with Crippen LogP contribution in [0.5, 0.6) is 0 Å². The molecule has 2 rings (SSSR count). The average molecular weight is 264 g/mol. The van der Waals surface area contributed by atoms with Crippen molar-refractivity contribution in [3.8, 4) is 0 Å². The van der Waals surface area contributed by atoms with E-state index in [-0.39, 0.29) is 0 Å². The summed E-state index contributed by atoms with van der Waals surface area (Å²) in [6, 6.07) is 2.51. The summed E-state index contributed by atoms with van der Waals surface area (Å²) in [5, 5.41) is 15.4. The Bertz CT molecular complexity index is 401. The third-order valence-electron chi connectivity index (χ3n) is 4.72. The maximum atomic E-state index is 10.8. The summed E-state index contributed by atoms with van der Waals surface area (Å²) >= 11 is 0. The molecule has 19 heavy (non-hydrogen) atoms. The second-order valence-corrected chi connectivity index (χ2v) is 6.32. The quantitative estimate of drug-likeness (QED) is 0.880. The highest BCUT2D eigenvalue weighted by Crippen LogP contribution is 2.36. The van der Waals surface area contributed by atoms with Gasteiger partial charge in [-0.05, 0) is 38.2 Å². The number of hydrogen-bond acceptors (Lipinski definition) is 2. The van der Waals surface area contributed by atoms with E-state index in [4.69, 9.17) is 0 Å². The summed E-state index contributed by atoms with van der Waals surface area (Å²) in [6.45, 7) is 6.58. The van der Waals surface area contributed by atoms with E-state index in [9.17, 15) is 5.11 Å². The van der Waals surface area contributed by atoms with Crippen LogP contribution in [-0.2, 0) is 6.42 Å². The number of aliphatic hydroxyl groups is 1. The van der Waals surface area contributed by atoms with Crippen LogP contribution in [0.2, 0.25) is 0 Å². The van der Waals surface area contributed by atoms with E-state index in [0.29, 0.717) is 18.4 Å². The van der Waals surface area contributed by atoms with Crippen LogP contribution in [0, 0.1) is 5.92 Å². The van der Waals surface area contributed by atoms with Crippen molar-refractivity contribution in [2.24, 2.45) is 5.92 Å². The summed E-state index contributed by atoms with van der Waals surface area (Å²) in [5.41, 5.74) is 0.521. The molecule has 1 aromatic heterocycles. The van der Waals surface area contributed by atoms with Gasteiger partial charge in [0.2, 0.25) is 0 Å². The molecule has 1 heterocycles. The number of nitrogens with zero attached hydrogens (tertiary/aromatic N) is 2. The predicted octanol–water partition coefficient (Wildman–Crippen LogP) is 3.73. The summed E-state index contributed by atoms with van der Waals surface area (Å²) in [7, 11) is 0. The maximum Gasteiger partial charge on any atom is 0.0706 e. The smallest absolute Gasteiger partial charge is 0.0706 e. The van der Waals surface area contributed by atoms with Crippen LogP contribution in [0.25, 0.3) is 0 Å². The second-order valence-electron chi connectivity index (χ2n) is 6.32. The Balaban J connectivity index is 2.01. The standard InChI is InChI=1S/C16H28N2O/c1-4-13(3)18-10-8-15(17-18)12-16(19)9-6-7-14(5-2)11-16/h8,10,13-14,19H,4-7,9,11-12H2,1-3H3. The summed E-state index contributed by atoms with van der Waals surface area (Å²) < 4.78 is 2.03. The molecule has 0 saturated heterocycles. The van der Waals surface area contributed by atoms with Gasteiger partial charge in [0.15, 0.2) is 0 Å². The van der Waals surface area contributed by atoms with Crippen molar-refractivity contribution in [3.05, 3.63) is 18.0 Å². The number of hydrogen-bond donors (Lipinski definition) is 1. The van der Waals surface area contributed by atoms with Gasteiger partial charge in [-0.1, -0.05) is 33.1 Å². The third kappa shape index (κ3) is 3.59. The van der Waals surface area contributed by atoms with E-state index in [1.54, 1.807) is 0 Å².